The zero-order valence-electron chi connectivity index (χ0n) is 14.2. The number of hydrogen-bond donors (Lipinski definition) is 1. The van der Waals surface area contributed by atoms with Crippen LogP contribution in [0.1, 0.15) is 56.9 Å². The number of hydrogen-bond acceptors (Lipinski definition) is 3. The summed E-state index contributed by atoms with van der Waals surface area (Å²) in [6.45, 7) is 0.321. The minimum atomic E-state index is -0.562. The van der Waals surface area contributed by atoms with Crippen molar-refractivity contribution in [3.05, 3.63) is 35.9 Å². The fraction of sp³-hybridized carbons (Fsp3) is 0.650. The fourth-order valence-corrected chi connectivity index (χ4v) is 4.82. The van der Waals surface area contributed by atoms with Gasteiger partial charge in [-0.2, -0.15) is 0 Å². The Labute approximate surface area is 143 Å². The van der Waals surface area contributed by atoms with Crippen LogP contribution < -0.4 is 0 Å². The minimum absolute atomic E-state index is 0.150. The van der Waals surface area contributed by atoms with Crippen molar-refractivity contribution in [1.82, 2.24) is 4.90 Å². The number of carbonyl (C=O) groups excluding carboxylic acids is 1. The molecule has 1 aliphatic carbocycles. The molecule has 2 heterocycles. The van der Waals surface area contributed by atoms with E-state index in [1.54, 1.807) is 0 Å². The Balaban J connectivity index is 1.36. The van der Waals surface area contributed by atoms with E-state index < -0.39 is 5.60 Å². The second-order valence-electron chi connectivity index (χ2n) is 7.97. The van der Waals surface area contributed by atoms with Crippen LogP contribution in [0.15, 0.2) is 30.3 Å². The fourth-order valence-electron chi connectivity index (χ4n) is 4.82. The molecule has 130 valence electrons. The first-order valence-electron chi connectivity index (χ1n) is 9.34. The largest absolute Gasteiger partial charge is 0.445 e. The summed E-state index contributed by atoms with van der Waals surface area (Å²) in [4.78, 5) is 14.5. The van der Waals surface area contributed by atoms with Gasteiger partial charge in [0.15, 0.2) is 0 Å². The third-order valence-electron chi connectivity index (χ3n) is 6.16. The van der Waals surface area contributed by atoms with Crippen molar-refractivity contribution < 1.29 is 14.6 Å². The van der Waals surface area contributed by atoms with Gasteiger partial charge < -0.3 is 14.7 Å². The lowest BCUT2D eigenvalue weighted by Gasteiger charge is -2.45. The summed E-state index contributed by atoms with van der Waals surface area (Å²) in [6, 6.07) is 10.1. The van der Waals surface area contributed by atoms with Gasteiger partial charge in [0.2, 0.25) is 0 Å². The molecule has 3 aliphatic rings. The standard InChI is InChI=1S/C20H27NO3/c22-19(24-14-16-5-2-1-3-6-16)21-17-9-10-18(21)13-20(23,12-17)11-15-7-4-8-15/h1-3,5-6,15,17-18,23H,4,7-14H2. The van der Waals surface area contributed by atoms with Crippen molar-refractivity contribution in [3.8, 4) is 0 Å². The van der Waals surface area contributed by atoms with Gasteiger partial charge in [0.25, 0.3) is 0 Å². The molecular weight excluding hydrogens is 302 g/mol. The third-order valence-corrected chi connectivity index (χ3v) is 6.16. The smallest absolute Gasteiger partial charge is 0.410 e. The summed E-state index contributed by atoms with van der Waals surface area (Å²) in [7, 11) is 0. The molecule has 4 rings (SSSR count). The Hall–Kier alpha value is -1.55. The van der Waals surface area contributed by atoms with Gasteiger partial charge in [0.05, 0.1) is 5.60 Å². The van der Waals surface area contributed by atoms with E-state index in [9.17, 15) is 9.90 Å². The van der Waals surface area contributed by atoms with Crippen LogP contribution in [-0.4, -0.2) is 33.8 Å². The molecule has 0 spiro atoms. The molecule has 4 heteroatoms. The van der Waals surface area contributed by atoms with Gasteiger partial charge in [-0.05, 0) is 43.6 Å². The van der Waals surface area contributed by atoms with Crippen molar-refractivity contribution in [2.45, 2.75) is 75.7 Å². The van der Waals surface area contributed by atoms with Crippen molar-refractivity contribution in [1.29, 1.82) is 0 Å². The summed E-state index contributed by atoms with van der Waals surface area (Å²) in [5.74, 6) is 0.700. The van der Waals surface area contributed by atoms with Crippen LogP contribution in [0.2, 0.25) is 0 Å². The second kappa shape index (κ2) is 6.40. The van der Waals surface area contributed by atoms with Gasteiger partial charge in [-0.3, -0.25) is 0 Å². The zero-order valence-corrected chi connectivity index (χ0v) is 14.2. The lowest BCUT2D eigenvalue weighted by atomic mass is 9.73. The minimum Gasteiger partial charge on any atom is -0.445 e. The van der Waals surface area contributed by atoms with E-state index >= 15 is 0 Å². The summed E-state index contributed by atoms with van der Waals surface area (Å²) in [5, 5.41) is 11.0. The van der Waals surface area contributed by atoms with Crippen LogP contribution in [0.5, 0.6) is 0 Å². The molecule has 24 heavy (non-hydrogen) atoms. The molecule has 1 saturated carbocycles. The summed E-state index contributed by atoms with van der Waals surface area (Å²) < 4.78 is 5.54. The lowest BCUT2D eigenvalue weighted by Crippen LogP contribution is -2.54. The van der Waals surface area contributed by atoms with Crippen LogP contribution in [-0.2, 0) is 11.3 Å². The lowest BCUT2D eigenvalue weighted by molar-refractivity contribution is -0.0690. The summed E-state index contributed by atoms with van der Waals surface area (Å²) >= 11 is 0. The van der Waals surface area contributed by atoms with Crippen molar-refractivity contribution in [2.24, 2.45) is 5.92 Å². The Morgan fingerprint density at radius 3 is 2.38 bits per heavy atom. The number of rotatable bonds is 4. The number of amides is 1. The topological polar surface area (TPSA) is 49.8 Å². The van der Waals surface area contributed by atoms with E-state index in [1.165, 1.54) is 19.3 Å². The molecule has 1 aromatic carbocycles. The highest BCUT2D eigenvalue weighted by molar-refractivity contribution is 5.69. The van der Waals surface area contributed by atoms with Gasteiger partial charge in [-0.25, -0.2) is 4.79 Å². The van der Waals surface area contributed by atoms with Crippen molar-refractivity contribution in [2.75, 3.05) is 0 Å². The van der Waals surface area contributed by atoms with E-state index in [0.29, 0.717) is 12.5 Å². The highest BCUT2D eigenvalue weighted by Gasteiger charge is 2.50. The number of aliphatic hydroxyl groups is 1. The third kappa shape index (κ3) is 3.16. The van der Waals surface area contributed by atoms with E-state index in [4.69, 9.17) is 4.74 Å². The zero-order chi connectivity index (χ0) is 16.6. The molecule has 0 radical (unpaired) electrons. The molecule has 2 unspecified atom stereocenters. The van der Waals surface area contributed by atoms with Gasteiger partial charge in [0.1, 0.15) is 6.61 Å². The maximum Gasteiger partial charge on any atom is 0.410 e. The molecular formula is C20H27NO3. The molecule has 0 aromatic heterocycles. The Morgan fingerprint density at radius 2 is 1.79 bits per heavy atom. The number of carbonyl (C=O) groups is 1. The Bertz CT molecular complexity index is 570. The molecule has 2 aliphatic heterocycles. The maximum absolute atomic E-state index is 12.6. The summed E-state index contributed by atoms with van der Waals surface area (Å²) in [6.07, 6.45) is 7.99. The monoisotopic (exact) mass is 329 g/mol. The van der Waals surface area contributed by atoms with Crippen molar-refractivity contribution in [3.63, 3.8) is 0 Å². The van der Waals surface area contributed by atoms with Crippen molar-refractivity contribution >= 4 is 6.09 Å². The average molecular weight is 329 g/mol. The SMILES string of the molecule is O=C(OCc1ccccc1)N1C2CCC1CC(O)(CC1CCC1)C2. The first-order chi connectivity index (χ1) is 11.6. The average Bonchev–Trinajstić information content (AvgIpc) is 2.83. The predicted molar refractivity (Wildman–Crippen MR) is 91.4 cm³/mol. The van der Waals surface area contributed by atoms with Gasteiger partial charge in [-0.15, -0.1) is 0 Å². The number of benzene rings is 1. The van der Waals surface area contributed by atoms with E-state index in [-0.39, 0.29) is 18.2 Å². The molecule has 1 N–H and O–H groups in total. The molecule has 4 nitrogen and oxygen atoms in total. The van der Waals surface area contributed by atoms with Crippen LogP contribution in [0.3, 0.4) is 0 Å². The normalized spacial score (nSPS) is 32.5. The molecule has 2 atom stereocenters. The molecule has 3 fully saturated rings. The van der Waals surface area contributed by atoms with E-state index in [0.717, 1.165) is 37.7 Å². The number of fused-ring (bicyclic) bond motifs is 2. The Kier molecular flexibility index (Phi) is 4.25. The predicted octanol–water partition coefficient (Wildman–Crippen LogP) is 3.87. The van der Waals surface area contributed by atoms with E-state index in [2.05, 4.69) is 0 Å². The quantitative estimate of drug-likeness (QED) is 0.912. The maximum atomic E-state index is 12.6. The molecule has 1 aromatic rings. The second-order valence-corrected chi connectivity index (χ2v) is 7.97. The molecule has 2 bridgehead atoms. The van der Waals surface area contributed by atoms with Crippen LogP contribution in [0, 0.1) is 5.92 Å². The highest BCUT2D eigenvalue weighted by Crippen LogP contribution is 2.46. The van der Waals surface area contributed by atoms with E-state index in [1.807, 2.05) is 35.2 Å². The number of ether oxygens (including phenoxy) is 1. The molecule has 2 saturated heterocycles. The number of nitrogens with zero attached hydrogens (tertiary/aromatic N) is 1. The van der Waals surface area contributed by atoms with Gasteiger partial charge >= 0.3 is 6.09 Å². The van der Waals surface area contributed by atoms with Gasteiger partial charge in [0, 0.05) is 12.1 Å². The Morgan fingerprint density at radius 1 is 1.12 bits per heavy atom. The van der Waals surface area contributed by atoms with Gasteiger partial charge in [-0.1, -0.05) is 49.6 Å². The number of piperidine rings is 1. The van der Waals surface area contributed by atoms with Crippen LogP contribution in [0.25, 0.3) is 0 Å². The van der Waals surface area contributed by atoms with Crippen LogP contribution in [0.4, 0.5) is 4.79 Å². The first kappa shape index (κ1) is 15.9. The summed E-state index contributed by atoms with van der Waals surface area (Å²) in [5.41, 5.74) is 0.448. The first-order valence-corrected chi connectivity index (χ1v) is 9.34. The highest BCUT2D eigenvalue weighted by atomic mass is 16.6. The molecule has 1 amide bonds. The van der Waals surface area contributed by atoms with Crippen LogP contribution >= 0.6 is 0 Å².